The number of carbonyl (C=O) groups excluding carboxylic acids is 1. The lowest BCUT2D eigenvalue weighted by Gasteiger charge is -2.33. The number of hydrogen-bond donors (Lipinski definition) is 2. The summed E-state index contributed by atoms with van der Waals surface area (Å²) >= 11 is 6.01. The Hall–Kier alpha value is -2.37. The maximum absolute atomic E-state index is 13.2. The summed E-state index contributed by atoms with van der Waals surface area (Å²) < 4.78 is 53.0. The van der Waals surface area contributed by atoms with E-state index >= 15 is 0 Å². The van der Waals surface area contributed by atoms with Gasteiger partial charge in [-0.15, -0.1) is 23.4 Å². The highest BCUT2D eigenvalue weighted by molar-refractivity contribution is 6.30. The number of ether oxygens (including phenoxy) is 2. The van der Waals surface area contributed by atoms with Gasteiger partial charge in [0.15, 0.2) is 6.10 Å². The summed E-state index contributed by atoms with van der Waals surface area (Å²) in [6.07, 6.45) is -3.05. The molecule has 0 saturated heterocycles. The number of nitrogens with zero attached hydrogens (tertiary/aromatic N) is 2. The molecule has 2 N–H and O–H groups in total. The molecule has 1 amide bonds. The van der Waals surface area contributed by atoms with E-state index in [-0.39, 0.29) is 36.5 Å². The van der Waals surface area contributed by atoms with E-state index < -0.39 is 30.2 Å². The average molecular weight is 528 g/mol. The number of fused-ring (bicyclic) bond motifs is 3. The molecule has 2 atom stereocenters. The number of aliphatic hydroxyl groups excluding tert-OH is 1. The van der Waals surface area contributed by atoms with Gasteiger partial charge in [0, 0.05) is 28.5 Å². The van der Waals surface area contributed by atoms with Gasteiger partial charge in [0.1, 0.15) is 5.75 Å². The van der Waals surface area contributed by atoms with Crippen LogP contribution in [0.3, 0.4) is 0 Å². The number of nitrogens with one attached hydrogen (secondary N) is 1. The number of rotatable bonds is 5. The fourth-order valence-corrected chi connectivity index (χ4v) is 6.43. The summed E-state index contributed by atoms with van der Waals surface area (Å²) in [6, 6.07) is 4.95. The third-order valence-electron chi connectivity index (χ3n) is 8.20. The van der Waals surface area contributed by atoms with Gasteiger partial charge < -0.3 is 19.6 Å². The Morgan fingerprint density at radius 2 is 1.92 bits per heavy atom. The van der Waals surface area contributed by atoms with Crippen molar-refractivity contribution in [2.24, 2.45) is 0 Å². The van der Waals surface area contributed by atoms with Gasteiger partial charge in [0.05, 0.1) is 17.6 Å². The normalized spacial score (nSPS) is 35.1. The first-order valence-corrected chi connectivity index (χ1v) is 12.5. The summed E-state index contributed by atoms with van der Waals surface area (Å²) in [4.78, 5) is 13.2. The lowest BCUT2D eigenvalue weighted by Crippen LogP contribution is -2.51. The Bertz CT molecular complexity index is 1170. The lowest BCUT2D eigenvalue weighted by atomic mass is 9.82. The zero-order valence-electron chi connectivity index (χ0n) is 19.2. The lowest BCUT2D eigenvalue weighted by molar-refractivity contribution is -0.352. The number of alkyl halides is 3. The second-order valence-electron chi connectivity index (χ2n) is 10.6. The molecule has 2 bridgehead atoms. The molecule has 36 heavy (non-hydrogen) atoms. The van der Waals surface area contributed by atoms with Crippen molar-refractivity contribution in [1.82, 2.24) is 15.5 Å². The zero-order chi connectivity index (χ0) is 25.3. The zero-order valence-corrected chi connectivity index (χ0v) is 19.9. The van der Waals surface area contributed by atoms with E-state index in [1.807, 2.05) is 0 Å². The highest BCUT2D eigenvalue weighted by atomic mass is 35.5. The van der Waals surface area contributed by atoms with E-state index in [2.05, 4.69) is 20.3 Å². The number of halogens is 4. The number of amides is 1. The van der Waals surface area contributed by atoms with Crippen LogP contribution in [0.5, 0.6) is 5.75 Å². The van der Waals surface area contributed by atoms with Gasteiger partial charge in [-0.25, -0.2) is 0 Å². The smallest absolute Gasteiger partial charge is 0.480 e. The molecule has 3 aliphatic carbocycles. The molecule has 1 aliphatic heterocycles. The second kappa shape index (κ2) is 8.32. The van der Waals surface area contributed by atoms with Crippen molar-refractivity contribution < 1.29 is 37.0 Å². The molecule has 0 spiro atoms. The van der Waals surface area contributed by atoms with Crippen molar-refractivity contribution in [2.75, 3.05) is 0 Å². The van der Waals surface area contributed by atoms with Crippen LogP contribution in [0, 0.1) is 0 Å². The Kier molecular flexibility index (Phi) is 5.55. The van der Waals surface area contributed by atoms with Crippen LogP contribution in [0.25, 0.3) is 0 Å². The molecule has 0 radical (unpaired) electrons. The Morgan fingerprint density at radius 1 is 1.17 bits per heavy atom. The molecular weight excluding hydrogens is 503 g/mol. The summed E-state index contributed by atoms with van der Waals surface area (Å²) in [6.45, 7) is 0. The molecule has 6 rings (SSSR count). The molecular formula is C24H25ClF3N3O5. The van der Waals surface area contributed by atoms with Crippen LogP contribution < -0.4 is 10.1 Å². The van der Waals surface area contributed by atoms with Gasteiger partial charge >= 0.3 is 6.36 Å². The van der Waals surface area contributed by atoms with Crippen LogP contribution in [0.1, 0.15) is 80.7 Å². The van der Waals surface area contributed by atoms with Crippen LogP contribution in [-0.2, 0) is 14.9 Å². The van der Waals surface area contributed by atoms with E-state index in [0.717, 1.165) is 25.7 Å². The average Bonchev–Trinajstić information content (AvgIpc) is 3.50. The van der Waals surface area contributed by atoms with Crippen LogP contribution in [-0.4, -0.2) is 45.3 Å². The van der Waals surface area contributed by atoms with Crippen molar-refractivity contribution >= 4 is 17.5 Å². The van der Waals surface area contributed by atoms with Gasteiger partial charge in [0.25, 0.3) is 5.91 Å². The second-order valence-corrected chi connectivity index (χ2v) is 11.0. The molecule has 3 saturated carbocycles. The van der Waals surface area contributed by atoms with E-state index in [1.165, 1.54) is 0 Å². The molecule has 1 aromatic heterocycles. The highest BCUT2D eigenvalue weighted by Gasteiger charge is 2.59. The van der Waals surface area contributed by atoms with Crippen LogP contribution in [0.2, 0.25) is 5.02 Å². The standard InChI is InChI=1S/C24H25ClF3N3O5/c25-13-1-2-17-15(9-13)16(32)10-18(34-17)19(33)29-23-5-3-22(11-23,4-6-23)21-31-30-20(35-21)12-7-14(8-12)36-24(26,27)28/h1-2,9,12,14,16,18,32H,3-8,10-11H2,(H,29,33). The molecule has 2 unspecified atom stereocenters. The van der Waals surface area contributed by atoms with E-state index in [4.69, 9.17) is 20.8 Å². The van der Waals surface area contributed by atoms with Crippen molar-refractivity contribution in [3.05, 3.63) is 40.6 Å². The molecule has 12 heteroatoms. The topological polar surface area (TPSA) is 107 Å². The Morgan fingerprint density at radius 3 is 2.64 bits per heavy atom. The molecule has 4 aliphatic rings. The molecule has 1 aromatic carbocycles. The first-order chi connectivity index (χ1) is 17.0. The van der Waals surface area contributed by atoms with Gasteiger partial charge in [-0.3, -0.25) is 9.53 Å². The number of carbonyl (C=O) groups is 1. The number of benzene rings is 1. The number of aliphatic hydroxyl groups is 1. The third kappa shape index (κ3) is 4.24. The fraction of sp³-hybridized carbons (Fsp3) is 0.625. The summed E-state index contributed by atoms with van der Waals surface area (Å²) in [5.74, 6) is 0.763. The Labute approximate surface area is 209 Å². The molecule has 2 aromatic rings. The first-order valence-electron chi connectivity index (χ1n) is 12.1. The van der Waals surface area contributed by atoms with Crippen molar-refractivity contribution in [3.8, 4) is 5.75 Å². The monoisotopic (exact) mass is 527 g/mol. The SMILES string of the molecule is O=C(NC12CCC(c3nnc(C4CC(OC(F)(F)F)C4)o3)(CC1)C2)C1CC(O)c2cc(Cl)ccc2O1. The summed E-state index contributed by atoms with van der Waals surface area (Å²) in [5.41, 5.74) is -0.219. The maximum atomic E-state index is 13.2. The van der Waals surface area contributed by atoms with Crippen molar-refractivity contribution in [1.29, 1.82) is 0 Å². The third-order valence-corrected chi connectivity index (χ3v) is 8.43. The van der Waals surface area contributed by atoms with Gasteiger partial charge in [0.2, 0.25) is 11.8 Å². The predicted octanol–water partition coefficient (Wildman–Crippen LogP) is 4.46. The quantitative estimate of drug-likeness (QED) is 0.591. The number of hydrogen-bond acceptors (Lipinski definition) is 7. The minimum atomic E-state index is -4.64. The van der Waals surface area contributed by atoms with Crippen LogP contribution in [0.4, 0.5) is 13.2 Å². The maximum Gasteiger partial charge on any atom is 0.522 e. The van der Waals surface area contributed by atoms with Crippen LogP contribution >= 0.6 is 11.6 Å². The van der Waals surface area contributed by atoms with Gasteiger partial charge in [-0.2, -0.15) is 0 Å². The fourth-order valence-electron chi connectivity index (χ4n) is 6.25. The van der Waals surface area contributed by atoms with Gasteiger partial charge in [-0.05, 0) is 63.1 Å². The van der Waals surface area contributed by atoms with Crippen LogP contribution in [0.15, 0.2) is 22.6 Å². The van der Waals surface area contributed by atoms with Crippen molar-refractivity contribution in [2.45, 2.75) is 92.9 Å². The summed E-state index contributed by atoms with van der Waals surface area (Å²) in [5, 5.41) is 22.6. The minimum Gasteiger partial charge on any atom is -0.480 e. The highest BCUT2D eigenvalue weighted by Crippen LogP contribution is 2.57. The van der Waals surface area contributed by atoms with E-state index in [1.54, 1.807) is 18.2 Å². The summed E-state index contributed by atoms with van der Waals surface area (Å²) in [7, 11) is 0. The minimum absolute atomic E-state index is 0.133. The predicted molar refractivity (Wildman–Crippen MR) is 118 cm³/mol. The largest absolute Gasteiger partial charge is 0.522 e. The number of aromatic nitrogens is 2. The molecule has 8 nitrogen and oxygen atoms in total. The molecule has 2 heterocycles. The molecule has 3 fully saturated rings. The molecule has 194 valence electrons. The van der Waals surface area contributed by atoms with Crippen molar-refractivity contribution in [3.63, 3.8) is 0 Å². The van der Waals surface area contributed by atoms with E-state index in [0.29, 0.717) is 34.5 Å². The van der Waals surface area contributed by atoms with E-state index in [9.17, 15) is 23.1 Å². The Balaban J connectivity index is 1.09. The first kappa shape index (κ1) is 24.0. The van der Waals surface area contributed by atoms with Gasteiger partial charge in [-0.1, -0.05) is 11.6 Å².